The molecule has 2 heterocycles. The van der Waals surface area contributed by atoms with Gasteiger partial charge in [-0.2, -0.15) is 12.4 Å². The Hall–Kier alpha value is 2.14. The molecular formula is C26H44Er4N2O11-2. The summed E-state index contributed by atoms with van der Waals surface area (Å²) in [5, 5.41) is 69.7. The third kappa shape index (κ3) is 32.5. The van der Waals surface area contributed by atoms with Gasteiger partial charge in [-0.3, -0.25) is 4.79 Å². The van der Waals surface area contributed by atoms with Crippen molar-refractivity contribution >= 4 is 29.5 Å². The van der Waals surface area contributed by atoms with E-state index in [4.69, 9.17) is 35.7 Å². The van der Waals surface area contributed by atoms with E-state index in [9.17, 15) is 4.79 Å². The number of allylic oxidation sites excluding steroid dienone is 2. The summed E-state index contributed by atoms with van der Waals surface area (Å²) in [4.78, 5) is 10.00. The van der Waals surface area contributed by atoms with Gasteiger partial charge < -0.3 is 62.8 Å². The monoisotopic (exact) mass is 1220 g/mol. The van der Waals surface area contributed by atoms with Crippen molar-refractivity contribution in [3.05, 3.63) is 57.8 Å². The summed E-state index contributed by atoms with van der Waals surface area (Å²) in [7, 11) is 0. The molecule has 0 saturated heterocycles. The smallest absolute Gasteiger partial charge is 0.303 e. The molecule has 274 valence electrons. The minimum Gasteiger partial charge on any atom is -0.665 e. The normalized spacial score (nSPS) is 10.6. The number of unbranched alkanes of at least 4 members (excludes halogenated alkanes) is 4. The summed E-state index contributed by atoms with van der Waals surface area (Å²) >= 11 is 0. The van der Waals surface area contributed by atoms with Crippen molar-refractivity contribution in [3.8, 4) is 0 Å². The maximum Gasteiger partial charge on any atom is 0.303 e. The Bertz CT molecular complexity index is 906. The van der Waals surface area contributed by atoms with Gasteiger partial charge in [-0.25, -0.2) is 0 Å². The first-order valence-corrected chi connectivity index (χ1v) is 12.1. The molecule has 0 bridgehead atoms. The van der Waals surface area contributed by atoms with Gasteiger partial charge in [-0.1, -0.05) is 49.3 Å². The molecule has 0 aromatic heterocycles. The Balaban J connectivity index is -0.0000000847. The fourth-order valence-corrected chi connectivity index (χ4v) is 3.29. The number of rotatable bonds is 12. The third-order valence-electron chi connectivity index (χ3n) is 5.12. The summed E-state index contributed by atoms with van der Waals surface area (Å²) in [5.41, 5.74) is 1.95. The summed E-state index contributed by atoms with van der Waals surface area (Å²) in [6.45, 7) is 0. The van der Waals surface area contributed by atoms with Gasteiger partial charge in [-0.05, 0) is 55.4 Å². The first-order valence-electron chi connectivity index (χ1n) is 12.1. The van der Waals surface area contributed by atoms with Crippen LogP contribution in [0.25, 0.3) is 22.8 Å². The van der Waals surface area contributed by atoms with Gasteiger partial charge in [0.05, 0.1) is 0 Å². The molecular weight excluding hydrogens is 1190 g/mol. The molecule has 1 aromatic carbocycles. The Morgan fingerprint density at radius 1 is 0.581 bits per heavy atom. The van der Waals surface area contributed by atoms with Gasteiger partial charge in [0.2, 0.25) is 0 Å². The van der Waals surface area contributed by atoms with Crippen LogP contribution in [0.5, 0.6) is 0 Å². The van der Waals surface area contributed by atoms with Crippen molar-refractivity contribution in [2.24, 2.45) is 0 Å². The van der Waals surface area contributed by atoms with Gasteiger partial charge in [0, 0.05) is 156 Å². The number of benzene rings is 1. The van der Waals surface area contributed by atoms with Crippen LogP contribution in [-0.2, 0) is 4.79 Å². The van der Waals surface area contributed by atoms with Crippen molar-refractivity contribution < 1.29 is 206 Å². The van der Waals surface area contributed by atoms with E-state index in [1.807, 2.05) is 12.2 Å². The molecule has 0 fully saturated rings. The van der Waals surface area contributed by atoms with Crippen LogP contribution in [-0.4, -0.2) is 77.0 Å². The van der Waals surface area contributed by atoms with Crippen molar-refractivity contribution in [1.82, 2.24) is 0 Å². The number of fused-ring (bicyclic) bond motifs is 3. The Morgan fingerprint density at radius 3 is 1.21 bits per heavy atom. The number of aliphatic carboxylic acids is 1. The molecule has 0 atom stereocenters. The summed E-state index contributed by atoms with van der Waals surface area (Å²) < 4.78 is 0. The maximum atomic E-state index is 10.00. The minimum absolute atomic E-state index is 0. The zero-order valence-electron chi connectivity index (χ0n) is 23.0. The number of carboxylic acids is 1. The number of hydrogen-bond donors (Lipinski definition) is 7. The second-order valence-corrected chi connectivity index (χ2v) is 8.29. The molecule has 0 radical (unpaired) electrons. The van der Waals surface area contributed by atoms with Crippen LogP contribution >= 0.6 is 0 Å². The van der Waals surface area contributed by atoms with E-state index >= 15 is 0 Å². The largest absolute Gasteiger partial charge is 0.665 e. The van der Waals surface area contributed by atoms with Gasteiger partial charge in [0.15, 0.2) is 18.9 Å². The average Bonchev–Trinajstić information content (AvgIpc) is 2.83. The number of hydrogen-bond acceptors (Lipinski definition) is 7. The molecule has 2 aliphatic rings. The molecule has 0 amide bonds. The fourth-order valence-electron chi connectivity index (χ4n) is 3.29. The van der Waals surface area contributed by atoms with Crippen LogP contribution in [0.3, 0.4) is 0 Å². The van der Waals surface area contributed by atoms with Crippen LogP contribution < -0.4 is 10.4 Å². The third-order valence-corrected chi connectivity index (χ3v) is 5.12. The van der Waals surface area contributed by atoms with E-state index in [0.717, 1.165) is 34.7 Å². The van der Waals surface area contributed by atoms with E-state index in [-0.39, 0.29) is 172 Å². The summed E-state index contributed by atoms with van der Waals surface area (Å²) in [6, 6.07) is 4.15. The van der Waals surface area contributed by atoms with Crippen LogP contribution in [0.15, 0.2) is 36.7 Å². The maximum absolute atomic E-state index is 10.00. The average molecular weight is 1230 g/mol. The fraction of sp³-hybridized carbons (Fsp3) is 0.500. The van der Waals surface area contributed by atoms with E-state index in [1.165, 1.54) is 0 Å². The molecule has 1 aromatic rings. The molecule has 0 saturated carbocycles. The van der Waals surface area contributed by atoms with Crippen LogP contribution in [0, 0.1) is 149 Å². The minimum atomic E-state index is -1.25. The first kappa shape index (κ1) is 60.5. The van der Waals surface area contributed by atoms with Crippen LogP contribution in [0.2, 0.25) is 0 Å². The van der Waals surface area contributed by atoms with Crippen molar-refractivity contribution in [2.75, 3.05) is 0 Å². The second-order valence-electron chi connectivity index (χ2n) is 8.29. The van der Waals surface area contributed by atoms with Crippen molar-refractivity contribution in [3.63, 3.8) is 0 Å². The molecule has 3 rings (SSSR count). The number of nitrogens with zero attached hydrogens (tertiary/aromatic N) is 2. The molecule has 13 N–H and O–H groups in total. The molecule has 0 aliphatic carbocycles. The Morgan fingerprint density at radius 2 is 0.907 bits per heavy atom. The van der Waals surface area contributed by atoms with E-state index in [1.54, 1.807) is 12.4 Å². The quantitative estimate of drug-likeness (QED) is 0.108. The Labute approximate surface area is 370 Å². The number of aliphatic hydroxyl groups is 6. The van der Waals surface area contributed by atoms with E-state index in [2.05, 4.69) is 34.9 Å². The Kier molecular flexibility index (Phi) is 54.2. The summed E-state index contributed by atoms with van der Waals surface area (Å²) in [5.74, 6) is -0.797. The van der Waals surface area contributed by atoms with E-state index in [0.29, 0.717) is 44.9 Å². The van der Waals surface area contributed by atoms with Crippen molar-refractivity contribution in [2.45, 2.75) is 83.1 Å². The standard InChI is InChI=1S/C12H8N2.C7H16O4.C7H14O4.4Er.3H2O/c1-3-9-5-6-10-4-2-8-14-12(10)11(9)13-7-1;2*8-6(9)4-2-1-3-5-7(10)11;;;;;;;/h1-8H;6-11H,1-5H2;6,8-9H,1-5H2,(H,10,11);;;;;3*1H2/q-2;;;;;;;;;. The van der Waals surface area contributed by atoms with Crippen LogP contribution in [0.4, 0.5) is 11.4 Å². The van der Waals surface area contributed by atoms with Gasteiger partial charge >= 0.3 is 5.97 Å². The molecule has 13 nitrogen and oxygen atoms in total. The predicted molar refractivity (Wildman–Crippen MR) is 148 cm³/mol. The molecule has 0 spiro atoms. The zero-order chi connectivity index (χ0) is 26.8. The van der Waals surface area contributed by atoms with Gasteiger partial charge in [-0.15, -0.1) is 11.4 Å². The number of carbonyl (C=O) groups is 1. The van der Waals surface area contributed by atoms with E-state index < -0.39 is 24.8 Å². The number of carboxylic acid groups (broad SMARTS) is 1. The predicted octanol–water partition coefficient (Wildman–Crippen LogP) is -0.271. The SMILES string of the molecule is C1=C[N-]c2c3c(ccc2=C1)=CC=C[N-]3.O.O.O.O=C(O)CCCCCC(O)O.OC(O)CCCCCC(O)O.[Er].[Er].[Er].[Er]. The van der Waals surface area contributed by atoms with Gasteiger partial charge in [0.25, 0.3) is 0 Å². The van der Waals surface area contributed by atoms with Gasteiger partial charge in [0.1, 0.15) is 0 Å². The van der Waals surface area contributed by atoms with Crippen molar-refractivity contribution in [1.29, 1.82) is 0 Å². The topological polar surface area (TPSA) is 281 Å². The second kappa shape index (κ2) is 38.6. The molecule has 43 heavy (non-hydrogen) atoms. The van der Waals surface area contributed by atoms with Crippen LogP contribution in [0.1, 0.15) is 64.2 Å². The molecule has 0 unspecified atom stereocenters. The molecule has 17 heteroatoms. The number of aliphatic hydroxyl groups excluding tert-OH is 3. The first-order chi connectivity index (χ1) is 17.2. The molecule has 2 aliphatic heterocycles. The summed E-state index contributed by atoms with van der Waals surface area (Å²) in [6.07, 6.45) is 13.4. The zero-order valence-corrected chi connectivity index (χ0v) is 30.4.